The fraction of sp³-hybridized carbons (Fsp3) is 0. The van der Waals surface area contributed by atoms with E-state index in [2.05, 4.69) is 0 Å². The third kappa shape index (κ3) is 123. The third-order valence-electron chi connectivity index (χ3n) is 0. The van der Waals surface area contributed by atoms with Gasteiger partial charge < -0.3 is 30.8 Å². The molecule has 0 heterocycles. The van der Waals surface area contributed by atoms with Crippen LogP contribution in [0.25, 0.3) is 30.8 Å². The molecule has 0 amide bonds. The Morgan fingerprint density at radius 3 is 0.273 bits per heavy atom. The van der Waals surface area contributed by atoms with Crippen molar-refractivity contribution in [3.63, 3.8) is 0 Å². The zero-order chi connectivity index (χ0) is 0. The molecule has 0 fully saturated rings. The molecular formula is N5Ta3W3. The molecule has 0 atom stereocenters. The number of hydrogen-bond acceptors (Lipinski definition) is 0. The Bertz CT molecular complexity index is 16.9. The van der Waals surface area contributed by atoms with Crippen LogP contribution in [-0.4, -0.2) is 0 Å². The Labute approximate surface area is 158 Å². The quantitative estimate of drug-likeness (QED) is 0.345. The first-order valence-electron chi connectivity index (χ1n) is 0. The normalized spacial score (nSPS) is 0. The Morgan fingerprint density at radius 1 is 0.273 bits per heavy atom. The minimum absolute atomic E-state index is 0. The van der Waals surface area contributed by atoms with Crippen molar-refractivity contribution in [2.75, 3.05) is 0 Å². The van der Waals surface area contributed by atoms with E-state index in [9.17, 15) is 0 Å². The summed E-state index contributed by atoms with van der Waals surface area (Å²) in [7, 11) is 0. The van der Waals surface area contributed by atoms with Crippen LogP contribution in [0, 0.1) is 0 Å². The molecule has 11 heteroatoms. The van der Waals surface area contributed by atoms with Crippen LogP contribution in [0.15, 0.2) is 0 Å². The Hall–Kier alpha value is 4.09. The van der Waals surface area contributed by atoms with Crippen LogP contribution < -0.4 is 0 Å². The molecule has 0 aromatic heterocycles. The molecule has 0 bridgehead atoms. The summed E-state index contributed by atoms with van der Waals surface area (Å²) in [5.74, 6) is 0. The SMILES string of the molecule is [N-3].[N-3].[N-3].[N-3].[N-3].[Ta+5].[Ta+5].[Ta+5].[W].[W].[W]. The maximum absolute atomic E-state index is 0. The van der Waals surface area contributed by atoms with Gasteiger partial charge in [0.1, 0.15) is 0 Å². The maximum Gasteiger partial charge on any atom is 5.00 e. The fourth-order valence-electron chi connectivity index (χ4n) is 0. The first-order chi connectivity index (χ1) is 0. The summed E-state index contributed by atoms with van der Waals surface area (Å²) in [6.07, 6.45) is 0. The van der Waals surface area contributed by atoms with E-state index in [-0.39, 0.29) is 161 Å². The summed E-state index contributed by atoms with van der Waals surface area (Å²) in [5.41, 5.74) is 0. The average Bonchev–Trinajstić information content (AvgIpc) is 0. The van der Waals surface area contributed by atoms with Gasteiger partial charge in [0, 0.05) is 63.2 Å². The zero-order valence-electron chi connectivity index (χ0n) is 4.80. The summed E-state index contributed by atoms with van der Waals surface area (Å²) in [6.45, 7) is 0. The van der Waals surface area contributed by atoms with E-state index in [1.165, 1.54) is 0 Å². The third-order valence-corrected chi connectivity index (χ3v) is 0. The molecule has 58 valence electrons. The number of nitrogens with zero attached hydrogens (tertiary/aromatic N) is 5. The molecule has 11 heavy (non-hydrogen) atoms. The van der Waals surface area contributed by atoms with Crippen molar-refractivity contribution in [2.45, 2.75) is 0 Å². The molecule has 0 saturated carbocycles. The monoisotopic (exact) mass is 1160 g/mol. The van der Waals surface area contributed by atoms with Gasteiger partial charge in [-0.2, -0.15) is 0 Å². The molecule has 5 nitrogen and oxygen atoms in total. The van der Waals surface area contributed by atoms with Crippen molar-refractivity contribution >= 4 is 0 Å². The van der Waals surface area contributed by atoms with Gasteiger partial charge in [-0.25, -0.2) is 0 Å². The van der Waals surface area contributed by atoms with Gasteiger partial charge in [0.25, 0.3) is 0 Å². The predicted molar refractivity (Wildman–Crippen MR) is 16.8 cm³/mol. The van der Waals surface area contributed by atoms with Crippen LogP contribution in [0.5, 0.6) is 0 Å². The molecule has 0 radical (unpaired) electrons. The van der Waals surface area contributed by atoms with Crippen molar-refractivity contribution in [3.8, 4) is 0 Å². The van der Waals surface area contributed by atoms with Gasteiger partial charge in [-0.3, -0.25) is 0 Å². The molecule has 0 spiro atoms. The van der Waals surface area contributed by atoms with Crippen LogP contribution >= 0.6 is 0 Å². The van der Waals surface area contributed by atoms with Gasteiger partial charge in [-0.05, 0) is 0 Å². The van der Waals surface area contributed by atoms with Crippen molar-refractivity contribution < 1.29 is 130 Å². The molecule has 0 unspecified atom stereocenters. The largest absolute Gasteiger partial charge is 5.00 e. The van der Waals surface area contributed by atoms with E-state index in [0.717, 1.165) is 0 Å². The van der Waals surface area contributed by atoms with Gasteiger partial charge >= 0.3 is 67.1 Å². The van der Waals surface area contributed by atoms with Gasteiger partial charge in [0.15, 0.2) is 0 Å². The Balaban J connectivity index is 0. The van der Waals surface area contributed by atoms with Gasteiger partial charge in [-0.1, -0.05) is 0 Å². The van der Waals surface area contributed by atoms with Crippen LogP contribution in [0.2, 0.25) is 0 Å². The van der Waals surface area contributed by atoms with Crippen LogP contribution in [0.1, 0.15) is 0 Å². The molecule has 0 aliphatic heterocycles. The van der Waals surface area contributed by atoms with Crippen molar-refractivity contribution in [2.24, 2.45) is 0 Å². The summed E-state index contributed by atoms with van der Waals surface area (Å²) >= 11 is 0. The Morgan fingerprint density at radius 2 is 0.273 bits per heavy atom. The fourth-order valence-corrected chi connectivity index (χ4v) is 0. The van der Waals surface area contributed by atoms with E-state index in [0.29, 0.717) is 0 Å². The average molecular weight is 1160 g/mol. The second-order valence-electron chi connectivity index (χ2n) is 0. The van der Waals surface area contributed by atoms with Crippen molar-refractivity contribution in [1.29, 1.82) is 0 Å². The molecule has 0 aliphatic rings. The van der Waals surface area contributed by atoms with E-state index in [1.807, 2.05) is 0 Å². The molecule has 0 saturated heterocycles. The summed E-state index contributed by atoms with van der Waals surface area (Å²) in [6, 6.07) is 0. The van der Waals surface area contributed by atoms with Crippen LogP contribution in [-0.2, 0) is 130 Å². The molecular weight excluding hydrogens is 1160 g/mol. The van der Waals surface area contributed by atoms with E-state index in [1.54, 1.807) is 0 Å². The molecule has 0 aliphatic carbocycles. The van der Waals surface area contributed by atoms with E-state index < -0.39 is 0 Å². The molecule has 0 rings (SSSR count). The minimum Gasteiger partial charge on any atom is -3.00 e. The first kappa shape index (κ1) is 179. The summed E-state index contributed by atoms with van der Waals surface area (Å²) < 4.78 is 0. The van der Waals surface area contributed by atoms with Gasteiger partial charge in [0.2, 0.25) is 0 Å². The van der Waals surface area contributed by atoms with Gasteiger partial charge in [0.05, 0.1) is 0 Å². The topological polar surface area (TPSA) is 152 Å². The predicted octanol–water partition coefficient (Wildman–Crippen LogP) is 1.43. The number of rotatable bonds is 0. The standard InChI is InChI=1S/5N.3Ta.3W/q5*-3;3*+5;;;. The minimum atomic E-state index is 0. The van der Waals surface area contributed by atoms with Crippen molar-refractivity contribution in [3.05, 3.63) is 30.8 Å². The molecule has 0 N–H and O–H groups in total. The second-order valence-corrected chi connectivity index (χ2v) is 0. The van der Waals surface area contributed by atoms with E-state index in [4.69, 9.17) is 0 Å². The van der Waals surface area contributed by atoms with Crippen molar-refractivity contribution in [1.82, 2.24) is 0 Å². The molecule has 0 aromatic carbocycles. The summed E-state index contributed by atoms with van der Waals surface area (Å²) in [5, 5.41) is 0. The van der Waals surface area contributed by atoms with Gasteiger partial charge in [-0.15, -0.1) is 0 Å². The second kappa shape index (κ2) is 144. The van der Waals surface area contributed by atoms with Crippen LogP contribution in [0.4, 0.5) is 0 Å². The zero-order valence-corrected chi connectivity index (χ0v) is 23.2. The maximum atomic E-state index is 0. The van der Waals surface area contributed by atoms with E-state index >= 15 is 0 Å². The molecule has 0 aromatic rings. The first-order valence-corrected chi connectivity index (χ1v) is 0. The Kier molecular flexibility index (Phi) is 2360. The summed E-state index contributed by atoms with van der Waals surface area (Å²) in [4.78, 5) is 0. The smallest absolute Gasteiger partial charge is 3.00 e. The van der Waals surface area contributed by atoms with Crippen LogP contribution in [0.3, 0.4) is 0 Å². The number of hydrogen-bond donors (Lipinski definition) is 0.